The molecule has 0 aliphatic heterocycles. The second kappa shape index (κ2) is 6.40. The van der Waals surface area contributed by atoms with Crippen LogP contribution in [0.2, 0.25) is 0 Å². The fourth-order valence-corrected chi connectivity index (χ4v) is 2.64. The van der Waals surface area contributed by atoms with Crippen molar-refractivity contribution in [3.8, 4) is 5.75 Å². The van der Waals surface area contributed by atoms with Gasteiger partial charge in [0.05, 0.1) is 6.10 Å². The van der Waals surface area contributed by atoms with Crippen molar-refractivity contribution in [2.45, 2.75) is 58.3 Å². The summed E-state index contributed by atoms with van der Waals surface area (Å²) in [6.07, 6.45) is 2.93. The Morgan fingerprint density at radius 1 is 1.42 bits per heavy atom. The van der Waals surface area contributed by atoms with Crippen molar-refractivity contribution in [1.82, 2.24) is 5.32 Å². The Morgan fingerprint density at radius 3 is 2.89 bits per heavy atom. The zero-order valence-electron chi connectivity index (χ0n) is 12.1. The van der Waals surface area contributed by atoms with Crippen LogP contribution >= 0.6 is 0 Å². The van der Waals surface area contributed by atoms with Gasteiger partial charge < -0.3 is 15.2 Å². The van der Waals surface area contributed by atoms with Gasteiger partial charge in [0.15, 0.2) is 0 Å². The minimum atomic E-state index is -0.453. The van der Waals surface area contributed by atoms with E-state index in [4.69, 9.17) is 4.74 Å². The van der Waals surface area contributed by atoms with Crippen LogP contribution in [-0.4, -0.2) is 23.9 Å². The zero-order chi connectivity index (χ0) is 13.8. The van der Waals surface area contributed by atoms with Crippen molar-refractivity contribution < 1.29 is 9.84 Å². The second-order valence-corrected chi connectivity index (χ2v) is 5.43. The minimum Gasteiger partial charge on any atom is -0.488 e. The third-order valence-electron chi connectivity index (χ3n) is 3.88. The number of aryl methyl sites for hydroxylation is 1. The van der Waals surface area contributed by atoms with Crippen molar-refractivity contribution >= 4 is 0 Å². The minimum absolute atomic E-state index is 0.175. The van der Waals surface area contributed by atoms with Crippen molar-refractivity contribution in [3.05, 3.63) is 29.3 Å². The van der Waals surface area contributed by atoms with Crippen molar-refractivity contribution in [2.24, 2.45) is 0 Å². The van der Waals surface area contributed by atoms with Crippen LogP contribution in [0, 0.1) is 0 Å². The highest BCUT2D eigenvalue weighted by Crippen LogP contribution is 2.32. The monoisotopic (exact) mass is 263 g/mol. The molecule has 1 aliphatic carbocycles. The summed E-state index contributed by atoms with van der Waals surface area (Å²) in [4.78, 5) is 0. The molecule has 0 aromatic heterocycles. The van der Waals surface area contributed by atoms with Gasteiger partial charge in [-0.1, -0.05) is 13.0 Å². The van der Waals surface area contributed by atoms with Gasteiger partial charge in [-0.2, -0.15) is 0 Å². The van der Waals surface area contributed by atoms with E-state index in [2.05, 4.69) is 24.4 Å². The number of aliphatic hydroxyl groups excluding tert-OH is 1. The predicted molar refractivity (Wildman–Crippen MR) is 77.6 cm³/mol. The summed E-state index contributed by atoms with van der Waals surface area (Å²) in [5.41, 5.74) is 2.79. The number of aliphatic hydroxyl groups is 1. The quantitative estimate of drug-likeness (QED) is 0.858. The normalized spacial score (nSPS) is 21.6. The van der Waals surface area contributed by atoms with Crippen LogP contribution in [0.1, 0.15) is 50.8 Å². The predicted octanol–water partition coefficient (Wildman–Crippen LogP) is 2.82. The molecule has 0 fully saturated rings. The standard InChI is InChI=1S/C16H25NO2/c1-4-17-16-7-5-6-13-10-14(8-9-15(13)16)19-12(3)11(2)18/h8-12,16-18H,4-7H2,1-3H3. The van der Waals surface area contributed by atoms with E-state index < -0.39 is 6.10 Å². The summed E-state index contributed by atoms with van der Waals surface area (Å²) in [5.74, 6) is 0.865. The van der Waals surface area contributed by atoms with Gasteiger partial charge in [0.1, 0.15) is 11.9 Å². The Hall–Kier alpha value is -1.06. The lowest BCUT2D eigenvalue weighted by molar-refractivity contribution is 0.0603. The summed E-state index contributed by atoms with van der Waals surface area (Å²) in [7, 11) is 0. The molecule has 3 heteroatoms. The number of rotatable bonds is 5. The van der Waals surface area contributed by atoms with E-state index in [0.29, 0.717) is 6.04 Å². The van der Waals surface area contributed by atoms with Crippen LogP contribution in [0.4, 0.5) is 0 Å². The second-order valence-electron chi connectivity index (χ2n) is 5.43. The first-order valence-electron chi connectivity index (χ1n) is 7.32. The average Bonchev–Trinajstić information content (AvgIpc) is 2.39. The Kier molecular flexibility index (Phi) is 4.83. The first kappa shape index (κ1) is 14.4. The molecule has 0 heterocycles. The topological polar surface area (TPSA) is 41.5 Å². The highest BCUT2D eigenvalue weighted by molar-refractivity contribution is 5.39. The lowest BCUT2D eigenvalue weighted by Crippen LogP contribution is -2.26. The zero-order valence-corrected chi connectivity index (χ0v) is 12.1. The number of ether oxygens (including phenoxy) is 1. The van der Waals surface area contributed by atoms with E-state index >= 15 is 0 Å². The van der Waals surface area contributed by atoms with Crippen LogP contribution in [-0.2, 0) is 6.42 Å². The van der Waals surface area contributed by atoms with Crippen molar-refractivity contribution in [2.75, 3.05) is 6.54 Å². The molecule has 0 amide bonds. The van der Waals surface area contributed by atoms with Crippen LogP contribution in [0.25, 0.3) is 0 Å². The van der Waals surface area contributed by atoms with E-state index in [1.165, 1.54) is 24.0 Å². The molecule has 106 valence electrons. The Balaban J connectivity index is 2.14. The van der Waals surface area contributed by atoms with E-state index in [1.54, 1.807) is 6.92 Å². The Morgan fingerprint density at radius 2 is 2.21 bits per heavy atom. The van der Waals surface area contributed by atoms with Gasteiger partial charge in [-0.25, -0.2) is 0 Å². The largest absolute Gasteiger partial charge is 0.488 e. The van der Waals surface area contributed by atoms with Gasteiger partial charge in [-0.3, -0.25) is 0 Å². The highest BCUT2D eigenvalue weighted by atomic mass is 16.5. The van der Waals surface area contributed by atoms with Gasteiger partial charge in [-0.05, 0) is 62.9 Å². The lowest BCUT2D eigenvalue weighted by Gasteiger charge is -2.27. The van der Waals surface area contributed by atoms with Crippen molar-refractivity contribution in [1.29, 1.82) is 0 Å². The van der Waals surface area contributed by atoms with E-state index in [9.17, 15) is 5.11 Å². The highest BCUT2D eigenvalue weighted by Gasteiger charge is 2.20. The summed E-state index contributed by atoms with van der Waals surface area (Å²) in [5, 5.41) is 13.0. The first-order chi connectivity index (χ1) is 9.11. The molecule has 19 heavy (non-hydrogen) atoms. The van der Waals surface area contributed by atoms with Gasteiger partial charge >= 0.3 is 0 Å². The van der Waals surface area contributed by atoms with Gasteiger partial charge in [0.25, 0.3) is 0 Å². The molecule has 3 nitrogen and oxygen atoms in total. The molecular weight excluding hydrogens is 238 g/mol. The lowest BCUT2D eigenvalue weighted by atomic mass is 9.87. The van der Waals surface area contributed by atoms with E-state index in [0.717, 1.165) is 18.7 Å². The van der Waals surface area contributed by atoms with Crippen molar-refractivity contribution in [3.63, 3.8) is 0 Å². The molecule has 0 spiro atoms. The molecular formula is C16H25NO2. The summed E-state index contributed by atoms with van der Waals surface area (Å²) in [6.45, 7) is 6.80. The molecule has 0 bridgehead atoms. The fourth-order valence-electron chi connectivity index (χ4n) is 2.64. The number of benzene rings is 1. The summed E-state index contributed by atoms with van der Waals surface area (Å²) >= 11 is 0. The number of fused-ring (bicyclic) bond motifs is 1. The summed E-state index contributed by atoms with van der Waals surface area (Å²) in [6, 6.07) is 6.81. The molecule has 1 aromatic carbocycles. The SMILES string of the molecule is CCNC1CCCc2cc(OC(C)C(C)O)ccc21. The van der Waals surface area contributed by atoms with Gasteiger partial charge in [0, 0.05) is 6.04 Å². The van der Waals surface area contributed by atoms with E-state index in [1.807, 2.05) is 13.0 Å². The average molecular weight is 263 g/mol. The Bertz CT molecular complexity index is 417. The maximum Gasteiger partial charge on any atom is 0.121 e. The molecule has 0 saturated heterocycles. The maximum atomic E-state index is 9.50. The molecule has 2 N–H and O–H groups in total. The Labute approximate surface area is 116 Å². The molecule has 3 unspecified atom stereocenters. The molecule has 0 radical (unpaired) electrons. The molecule has 1 aromatic rings. The number of nitrogens with one attached hydrogen (secondary N) is 1. The van der Waals surface area contributed by atoms with Crippen LogP contribution in [0.15, 0.2) is 18.2 Å². The van der Waals surface area contributed by atoms with Crippen LogP contribution in [0.5, 0.6) is 5.75 Å². The number of hydrogen-bond donors (Lipinski definition) is 2. The summed E-state index contributed by atoms with van der Waals surface area (Å²) < 4.78 is 5.77. The third kappa shape index (κ3) is 3.48. The smallest absolute Gasteiger partial charge is 0.121 e. The third-order valence-corrected chi connectivity index (χ3v) is 3.88. The fraction of sp³-hybridized carbons (Fsp3) is 0.625. The van der Waals surface area contributed by atoms with Gasteiger partial charge in [-0.15, -0.1) is 0 Å². The van der Waals surface area contributed by atoms with Crippen LogP contribution < -0.4 is 10.1 Å². The molecule has 2 rings (SSSR count). The van der Waals surface area contributed by atoms with E-state index in [-0.39, 0.29) is 6.10 Å². The number of hydrogen-bond acceptors (Lipinski definition) is 3. The molecule has 0 saturated carbocycles. The molecule has 3 atom stereocenters. The first-order valence-corrected chi connectivity index (χ1v) is 7.32. The van der Waals surface area contributed by atoms with Crippen LogP contribution in [0.3, 0.4) is 0 Å². The van der Waals surface area contributed by atoms with Gasteiger partial charge in [0.2, 0.25) is 0 Å². The maximum absolute atomic E-state index is 9.50. The molecule has 1 aliphatic rings.